The zero-order valence-corrected chi connectivity index (χ0v) is 26.6. The second kappa shape index (κ2) is 14.5. The summed E-state index contributed by atoms with van der Waals surface area (Å²) in [6, 6.07) is 11.5. The number of hydrogen-bond acceptors (Lipinski definition) is 8. The van der Waals surface area contributed by atoms with Crippen molar-refractivity contribution >= 4 is 38.1 Å². The van der Waals surface area contributed by atoms with Crippen LogP contribution in [0.4, 0.5) is 24.5 Å². The Morgan fingerprint density at radius 1 is 1.13 bits per heavy atom. The van der Waals surface area contributed by atoms with Gasteiger partial charge in [-0.3, -0.25) is 9.69 Å². The van der Waals surface area contributed by atoms with E-state index in [4.69, 9.17) is 9.47 Å². The van der Waals surface area contributed by atoms with Gasteiger partial charge < -0.3 is 24.7 Å². The number of benzene rings is 2. The van der Waals surface area contributed by atoms with Crippen LogP contribution in [0.15, 0.2) is 47.4 Å². The number of rotatable bonds is 11. The van der Waals surface area contributed by atoms with Crippen molar-refractivity contribution in [1.82, 2.24) is 9.47 Å². The number of ether oxygens (including phenoxy) is 2. The molecule has 1 atom stereocenters. The first-order valence-electron chi connectivity index (χ1n) is 14.8. The first-order valence-corrected chi connectivity index (χ1v) is 16.6. The SMILES string of the molecule is CCC(=O)OC(C)CN1CCC(Nc2cccc3c2cc(C#CCNc2ccc(S(C)(=O)=O)cc2OC)n3CC(F)(F)F)CC1. The predicted molar refractivity (Wildman–Crippen MR) is 168 cm³/mol. The van der Waals surface area contributed by atoms with E-state index in [9.17, 15) is 26.4 Å². The molecule has 2 N–H and O–H groups in total. The number of piperidine rings is 1. The summed E-state index contributed by atoms with van der Waals surface area (Å²) in [7, 11) is -2.01. The lowest BCUT2D eigenvalue weighted by Crippen LogP contribution is -2.42. The first-order chi connectivity index (χ1) is 21.3. The fourth-order valence-corrected chi connectivity index (χ4v) is 6.01. The normalized spacial score (nSPS) is 15.3. The van der Waals surface area contributed by atoms with Crippen molar-refractivity contribution in [3.8, 4) is 17.6 Å². The van der Waals surface area contributed by atoms with Gasteiger partial charge in [0, 0.05) is 55.5 Å². The zero-order valence-electron chi connectivity index (χ0n) is 25.8. The molecule has 4 rings (SSSR count). The van der Waals surface area contributed by atoms with Crippen molar-refractivity contribution in [2.24, 2.45) is 0 Å². The number of hydrogen-bond donors (Lipinski definition) is 2. The number of aromatic nitrogens is 1. The average molecular weight is 649 g/mol. The summed E-state index contributed by atoms with van der Waals surface area (Å²) in [5.74, 6) is 5.87. The van der Waals surface area contributed by atoms with Crippen LogP contribution >= 0.6 is 0 Å². The maximum absolute atomic E-state index is 13.6. The molecule has 1 saturated heterocycles. The summed E-state index contributed by atoms with van der Waals surface area (Å²) in [6.07, 6.45) is -1.53. The van der Waals surface area contributed by atoms with Gasteiger partial charge in [0.25, 0.3) is 0 Å². The van der Waals surface area contributed by atoms with E-state index < -0.39 is 22.6 Å². The molecule has 0 bridgehead atoms. The van der Waals surface area contributed by atoms with Crippen molar-refractivity contribution in [2.45, 2.75) is 62.9 Å². The minimum Gasteiger partial charge on any atom is -0.495 e. The smallest absolute Gasteiger partial charge is 0.406 e. The topological polar surface area (TPSA) is 102 Å². The van der Waals surface area contributed by atoms with E-state index >= 15 is 0 Å². The number of carbonyl (C=O) groups is 1. The number of anilines is 2. The molecule has 1 unspecified atom stereocenters. The van der Waals surface area contributed by atoms with Gasteiger partial charge in [-0.2, -0.15) is 13.2 Å². The van der Waals surface area contributed by atoms with Gasteiger partial charge in [-0.1, -0.05) is 18.9 Å². The Morgan fingerprint density at radius 3 is 2.51 bits per heavy atom. The zero-order chi connectivity index (χ0) is 32.8. The Bertz CT molecular complexity index is 1670. The van der Waals surface area contributed by atoms with E-state index in [1.807, 2.05) is 13.0 Å². The lowest BCUT2D eigenvalue weighted by atomic mass is 10.0. The highest BCUT2D eigenvalue weighted by atomic mass is 32.2. The molecular weight excluding hydrogens is 609 g/mol. The van der Waals surface area contributed by atoms with Crippen molar-refractivity contribution < 1.29 is 35.9 Å². The number of likely N-dealkylation sites (tertiary alicyclic amines) is 1. The molecule has 1 aliphatic rings. The standard InChI is InChI=1S/C32H39F3N4O5S/c1-5-31(40)44-22(2)20-38-16-13-23(14-17-38)37-27-9-6-10-29-26(27)18-24(39(29)21-32(33,34)35)8-7-15-36-28-12-11-25(45(4,41)42)19-30(28)43-3/h6,9-12,18-19,22-23,36-37H,5,13-17,20-21H2,1-4H3. The summed E-state index contributed by atoms with van der Waals surface area (Å²) < 4.78 is 76.5. The molecule has 0 saturated carbocycles. The Morgan fingerprint density at radius 2 is 1.87 bits per heavy atom. The summed E-state index contributed by atoms with van der Waals surface area (Å²) in [6.45, 7) is 4.82. The first kappa shape index (κ1) is 34.0. The highest BCUT2D eigenvalue weighted by Crippen LogP contribution is 2.32. The molecule has 2 aromatic carbocycles. The molecule has 0 spiro atoms. The largest absolute Gasteiger partial charge is 0.495 e. The number of alkyl halides is 3. The van der Waals surface area contributed by atoms with E-state index in [-0.39, 0.29) is 35.2 Å². The number of nitrogens with one attached hydrogen (secondary N) is 2. The number of halogens is 3. The van der Waals surface area contributed by atoms with Crippen LogP contribution in [0.3, 0.4) is 0 Å². The number of fused-ring (bicyclic) bond motifs is 1. The fraction of sp³-hybridized carbons (Fsp3) is 0.469. The van der Waals surface area contributed by atoms with Crippen LogP contribution in [0.2, 0.25) is 0 Å². The Balaban J connectivity index is 1.49. The van der Waals surface area contributed by atoms with Crippen molar-refractivity contribution in [3.63, 3.8) is 0 Å². The molecule has 1 aromatic heterocycles. The van der Waals surface area contributed by atoms with E-state index in [1.54, 1.807) is 31.2 Å². The molecule has 0 radical (unpaired) electrons. The summed E-state index contributed by atoms with van der Waals surface area (Å²) in [4.78, 5) is 13.9. The summed E-state index contributed by atoms with van der Waals surface area (Å²) in [5, 5.41) is 7.23. The second-order valence-corrected chi connectivity index (χ2v) is 13.1. The van der Waals surface area contributed by atoms with Crippen LogP contribution in [0.5, 0.6) is 5.75 Å². The van der Waals surface area contributed by atoms with Gasteiger partial charge in [0.2, 0.25) is 0 Å². The van der Waals surface area contributed by atoms with Crippen LogP contribution in [0.25, 0.3) is 10.9 Å². The molecule has 13 heteroatoms. The van der Waals surface area contributed by atoms with Crippen LogP contribution in [-0.2, 0) is 25.9 Å². The van der Waals surface area contributed by atoms with Crippen molar-refractivity contribution in [2.75, 3.05) is 50.2 Å². The van der Waals surface area contributed by atoms with Crippen LogP contribution in [-0.4, -0.2) is 81.7 Å². The van der Waals surface area contributed by atoms with E-state index in [0.717, 1.165) is 37.9 Å². The minimum atomic E-state index is -4.45. The molecule has 45 heavy (non-hydrogen) atoms. The van der Waals surface area contributed by atoms with E-state index in [0.29, 0.717) is 35.3 Å². The van der Waals surface area contributed by atoms with Crippen molar-refractivity contribution in [1.29, 1.82) is 0 Å². The third-order valence-electron chi connectivity index (χ3n) is 7.55. The number of nitrogens with zero attached hydrogens (tertiary/aromatic N) is 2. The molecule has 1 fully saturated rings. The third kappa shape index (κ3) is 9.31. The average Bonchev–Trinajstić information content (AvgIpc) is 3.32. The van der Waals surface area contributed by atoms with E-state index in [1.165, 1.54) is 23.8 Å². The van der Waals surface area contributed by atoms with Gasteiger partial charge in [-0.05, 0) is 56.0 Å². The molecule has 2 heterocycles. The quantitative estimate of drug-likeness (QED) is 0.214. The molecule has 244 valence electrons. The van der Waals surface area contributed by atoms with Gasteiger partial charge in [-0.25, -0.2) is 8.42 Å². The van der Waals surface area contributed by atoms with Gasteiger partial charge in [-0.15, -0.1) is 0 Å². The fourth-order valence-electron chi connectivity index (χ4n) is 5.37. The Kier molecular flexibility index (Phi) is 10.9. The number of methoxy groups -OCH3 is 1. The molecule has 3 aromatic rings. The number of esters is 1. The van der Waals surface area contributed by atoms with Gasteiger partial charge in [0.05, 0.1) is 35.4 Å². The molecular formula is C32H39F3N4O5S. The van der Waals surface area contributed by atoms with Crippen LogP contribution < -0.4 is 15.4 Å². The van der Waals surface area contributed by atoms with E-state index in [2.05, 4.69) is 27.4 Å². The minimum absolute atomic E-state index is 0.0854. The Hall–Kier alpha value is -3.89. The molecule has 1 aliphatic heterocycles. The molecule has 0 amide bonds. The van der Waals surface area contributed by atoms with Gasteiger partial charge in [0.15, 0.2) is 9.84 Å². The second-order valence-electron chi connectivity index (χ2n) is 11.1. The third-order valence-corrected chi connectivity index (χ3v) is 8.66. The van der Waals surface area contributed by atoms with Crippen molar-refractivity contribution in [3.05, 3.63) is 48.2 Å². The maximum Gasteiger partial charge on any atom is 0.406 e. The predicted octanol–water partition coefficient (Wildman–Crippen LogP) is 5.30. The summed E-state index contributed by atoms with van der Waals surface area (Å²) in [5.41, 5.74) is 1.90. The number of sulfone groups is 1. The van der Waals surface area contributed by atoms with Gasteiger partial charge in [0.1, 0.15) is 18.4 Å². The van der Waals surface area contributed by atoms with Crippen LogP contribution in [0.1, 0.15) is 38.8 Å². The lowest BCUT2D eigenvalue weighted by molar-refractivity contribution is -0.148. The highest BCUT2D eigenvalue weighted by molar-refractivity contribution is 7.90. The molecule has 0 aliphatic carbocycles. The molecule has 9 nitrogen and oxygen atoms in total. The maximum atomic E-state index is 13.6. The van der Waals surface area contributed by atoms with Gasteiger partial charge >= 0.3 is 12.1 Å². The summed E-state index contributed by atoms with van der Waals surface area (Å²) >= 11 is 0. The monoisotopic (exact) mass is 648 g/mol. The van der Waals surface area contributed by atoms with Crippen LogP contribution in [0, 0.1) is 11.8 Å². The Labute approximate surface area is 262 Å². The lowest BCUT2D eigenvalue weighted by Gasteiger charge is -2.34. The number of carbonyl (C=O) groups excluding carboxylic acids is 1. The highest BCUT2D eigenvalue weighted by Gasteiger charge is 2.30.